The Bertz CT molecular complexity index is 1060. The van der Waals surface area contributed by atoms with E-state index in [0.717, 1.165) is 11.1 Å². The molecular formula is C27H26O7. The first-order chi connectivity index (χ1) is 16.7. The van der Waals surface area contributed by atoms with Crippen LogP contribution in [0.4, 0.5) is 0 Å². The molecule has 0 aliphatic carbocycles. The Morgan fingerprint density at radius 2 is 1.53 bits per heavy atom. The Morgan fingerprint density at radius 1 is 0.882 bits per heavy atom. The highest BCUT2D eigenvalue weighted by molar-refractivity contribution is 5.89. The van der Waals surface area contributed by atoms with E-state index in [0.29, 0.717) is 5.56 Å². The van der Waals surface area contributed by atoms with Gasteiger partial charge in [-0.15, -0.1) is 0 Å². The third-order valence-corrected chi connectivity index (χ3v) is 5.89. The zero-order valence-electron chi connectivity index (χ0n) is 18.4. The summed E-state index contributed by atoms with van der Waals surface area (Å²) in [6, 6.07) is 27.7. The average Bonchev–Trinajstić information content (AvgIpc) is 2.90. The molecule has 34 heavy (non-hydrogen) atoms. The van der Waals surface area contributed by atoms with Crippen LogP contribution in [-0.2, 0) is 30.3 Å². The van der Waals surface area contributed by atoms with Crippen molar-refractivity contribution < 1.29 is 33.6 Å². The zero-order chi connectivity index (χ0) is 23.3. The molecule has 7 heteroatoms. The van der Waals surface area contributed by atoms with Crippen LogP contribution in [0.3, 0.4) is 0 Å². The van der Waals surface area contributed by atoms with Gasteiger partial charge in [-0.1, -0.05) is 78.9 Å². The van der Waals surface area contributed by atoms with Gasteiger partial charge in [0.2, 0.25) is 0 Å². The molecule has 5 rings (SSSR count). The molecule has 2 aliphatic heterocycles. The minimum absolute atomic E-state index is 0.196. The maximum absolute atomic E-state index is 12.9. The second kappa shape index (κ2) is 10.5. The Labute approximate surface area is 197 Å². The first kappa shape index (κ1) is 22.7. The van der Waals surface area contributed by atoms with Crippen LogP contribution in [0.2, 0.25) is 0 Å². The van der Waals surface area contributed by atoms with Crippen molar-refractivity contribution in [2.45, 2.75) is 43.6 Å². The van der Waals surface area contributed by atoms with Gasteiger partial charge in [0, 0.05) is 5.56 Å². The van der Waals surface area contributed by atoms with Gasteiger partial charge in [0.05, 0.1) is 18.8 Å². The van der Waals surface area contributed by atoms with Gasteiger partial charge in [-0.2, -0.15) is 0 Å². The maximum Gasteiger partial charge on any atom is 0.338 e. The summed E-state index contributed by atoms with van der Waals surface area (Å²) < 4.78 is 29.8. The Kier molecular flexibility index (Phi) is 6.99. The second-order valence-corrected chi connectivity index (χ2v) is 8.24. The standard InChI is InChI=1S/C27H26O7/c28-22-24(33-25(29)19-12-6-2-7-13-19)23-21(17-31-26(34-23)20-14-8-3-9-15-20)32-27(22)30-16-18-10-4-1-5-11-18/h1-15,21-24,26-28H,16-17H2/t21-,22+,23-,24-,26?,27-/m1/s1. The van der Waals surface area contributed by atoms with Gasteiger partial charge in [0.25, 0.3) is 0 Å². The monoisotopic (exact) mass is 462 g/mol. The fourth-order valence-corrected chi connectivity index (χ4v) is 4.13. The Morgan fingerprint density at radius 3 is 2.24 bits per heavy atom. The van der Waals surface area contributed by atoms with E-state index in [1.54, 1.807) is 24.3 Å². The molecule has 176 valence electrons. The molecule has 6 atom stereocenters. The first-order valence-corrected chi connectivity index (χ1v) is 11.3. The van der Waals surface area contributed by atoms with Crippen LogP contribution in [0.25, 0.3) is 0 Å². The lowest BCUT2D eigenvalue weighted by Gasteiger charge is -2.47. The predicted octanol–water partition coefficient (Wildman–Crippen LogP) is 3.63. The predicted molar refractivity (Wildman–Crippen MR) is 122 cm³/mol. The molecule has 3 aromatic rings. The molecule has 1 N–H and O–H groups in total. The highest BCUT2D eigenvalue weighted by Crippen LogP contribution is 2.36. The number of fused-ring (bicyclic) bond motifs is 1. The maximum atomic E-state index is 12.9. The lowest BCUT2D eigenvalue weighted by atomic mass is 9.97. The number of aliphatic hydroxyl groups is 1. The van der Waals surface area contributed by atoms with Gasteiger partial charge in [-0.25, -0.2) is 4.79 Å². The highest BCUT2D eigenvalue weighted by atomic mass is 16.8. The summed E-state index contributed by atoms with van der Waals surface area (Å²) >= 11 is 0. The molecule has 0 spiro atoms. The summed E-state index contributed by atoms with van der Waals surface area (Å²) in [6.07, 6.45) is -5.28. The van der Waals surface area contributed by atoms with Crippen LogP contribution < -0.4 is 0 Å². The quantitative estimate of drug-likeness (QED) is 0.560. The molecule has 0 bridgehead atoms. The van der Waals surface area contributed by atoms with E-state index in [1.807, 2.05) is 66.7 Å². The molecule has 1 unspecified atom stereocenters. The highest BCUT2D eigenvalue weighted by Gasteiger charge is 2.52. The van der Waals surface area contributed by atoms with Crippen molar-refractivity contribution in [3.8, 4) is 0 Å². The van der Waals surface area contributed by atoms with Crippen molar-refractivity contribution in [2.75, 3.05) is 6.61 Å². The van der Waals surface area contributed by atoms with Crippen molar-refractivity contribution >= 4 is 5.97 Å². The summed E-state index contributed by atoms with van der Waals surface area (Å²) in [5, 5.41) is 11.2. The van der Waals surface area contributed by atoms with E-state index in [-0.39, 0.29) is 13.2 Å². The van der Waals surface area contributed by atoms with Crippen molar-refractivity contribution in [3.05, 3.63) is 108 Å². The second-order valence-electron chi connectivity index (χ2n) is 8.24. The molecule has 0 amide bonds. The summed E-state index contributed by atoms with van der Waals surface area (Å²) in [5.41, 5.74) is 2.13. The van der Waals surface area contributed by atoms with Crippen molar-refractivity contribution in [2.24, 2.45) is 0 Å². The number of ether oxygens (including phenoxy) is 5. The number of aliphatic hydroxyl groups excluding tert-OH is 1. The van der Waals surface area contributed by atoms with Crippen LogP contribution in [0.5, 0.6) is 0 Å². The van der Waals surface area contributed by atoms with Crippen molar-refractivity contribution in [3.63, 3.8) is 0 Å². The van der Waals surface area contributed by atoms with Crippen LogP contribution >= 0.6 is 0 Å². The number of hydrogen-bond donors (Lipinski definition) is 1. The van der Waals surface area contributed by atoms with Crippen molar-refractivity contribution in [1.29, 1.82) is 0 Å². The molecule has 2 fully saturated rings. The van der Waals surface area contributed by atoms with Gasteiger partial charge < -0.3 is 28.8 Å². The number of esters is 1. The van der Waals surface area contributed by atoms with E-state index in [2.05, 4.69) is 0 Å². The number of carbonyl (C=O) groups excluding carboxylic acids is 1. The minimum Gasteiger partial charge on any atom is -0.453 e. The van der Waals surface area contributed by atoms with Gasteiger partial charge in [0.15, 0.2) is 18.7 Å². The molecule has 2 saturated heterocycles. The molecule has 3 aromatic carbocycles. The smallest absolute Gasteiger partial charge is 0.338 e. The molecule has 0 aromatic heterocycles. The molecule has 2 aliphatic rings. The van der Waals surface area contributed by atoms with Gasteiger partial charge in [0.1, 0.15) is 18.3 Å². The van der Waals surface area contributed by atoms with Crippen LogP contribution in [0, 0.1) is 0 Å². The minimum atomic E-state index is -1.26. The van der Waals surface area contributed by atoms with E-state index in [9.17, 15) is 9.90 Å². The molecule has 2 heterocycles. The van der Waals surface area contributed by atoms with Gasteiger partial charge in [-0.05, 0) is 17.7 Å². The summed E-state index contributed by atoms with van der Waals surface area (Å²) in [6.45, 7) is 0.426. The lowest BCUT2D eigenvalue weighted by molar-refractivity contribution is -0.362. The average molecular weight is 462 g/mol. The largest absolute Gasteiger partial charge is 0.453 e. The molecular weight excluding hydrogens is 436 g/mol. The topological polar surface area (TPSA) is 83.5 Å². The fraction of sp³-hybridized carbons (Fsp3) is 0.296. The summed E-state index contributed by atoms with van der Waals surface area (Å²) in [7, 11) is 0. The lowest BCUT2D eigenvalue weighted by Crippen LogP contribution is -2.63. The van der Waals surface area contributed by atoms with E-state index >= 15 is 0 Å². The van der Waals surface area contributed by atoms with E-state index in [4.69, 9.17) is 23.7 Å². The van der Waals surface area contributed by atoms with Crippen LogP contribution in [0.15, 0.2) is 91.0 Å². The SMILES string of the molecule is O=C(O[C@@H]1[C@H](O)[C@H](OCc2ccccc2)O[C@@H]2COC(c3ccccc3)O[C@@H]12)c1ccccc1. The molecule has 0 radical (unpaired) electrons. The number of rotatable bonds is 6. The molecule has 7 nitrogen and oxygen atoms in total. The first-order valence-electron chi connectivity index (χ1n) is 11.3. The van der Waals surface area contributed by atoms with Crippen LogP contribution in [-0.4, -0.2) is 48.4 Å². The van der Waals surface area contributed by atoms with E-state index < -0.39 is 43.0 Å². The number of benzene rings is 3. The van der Waals surface area contributed by atoms with Crippen molar-refractivity contribution in [1.82, 2.24) is 0 Å². The normalized spacial score (nSPS) is 28.6. The Hall–Kier alpha value is -3.07. The number of carbonyl (C=O) groups is 1. The molecule has 0 saturated carbocycles. The third kappa shape index (κ3) is 5.04. The number of hydrogen-bond acceptors (Lipinski definition) is 7. The van der Waals surface area contributed by atoms with E-state index in [1.165, 1.54) is 0 Å². The zero-order valence-corrected chi connectivity index (χ0v) is 18.4. The summed E-state index contributed by atoms with van der Waals surface area (Å²) in [4.78, 5) is 12.9. The fourth-order valence-electron chi connectivity index (χ4n) is 4.13. The third-order valence-electron chi connectivity index (χ3n) is 5.89. The van der Waals surface area contributed by atoms with Gasteiger partial charge >= 0.3 is 5.97 Å². The summed E-state index contributed by atoms with van der Waals surface area (Å²) in [5.74, 6) is -0.557. The van der Waals surface area contributed by atoms with Gasteiger partial charge in [-0.3, -0.25) is 0 Å². The Balaban J connectivity index is 1.36. The van der Waals surface area contributed by atoms with Crippen LogP contribution in [0.1, 0.15) is 27.8 Å².